The molecule has 1 aliphatic heterocycles. The Hall–Kier alpha value is -2.55. The van der Waals surface area contributed by atoms with Crippen molar-refractivity contribution < 1.29 is 17.9 Å². The molecule has 4 saturated carbocycles. The number of pyridine rings is 1. The number of ether oxygens (including phenoxy) is 1. The highest BCUT2D eigenvalue weighted by molar-refractivity contribution is 5.79. The highest BCUT2D eigenvalue weighted by Crippen LogP contribution is 2.78. The molecule has 5 fully saturated rings. The maximum absolute atomic E-state index is 13.6. The minimum Gasteiger partial charge on any atom is -0.370 e. The quantitative estimate of drug-likeness (QED) is 0.464. The molecule has 4 heterocycles. The average Bonchev–Trinajstić information content (AvgIpc) is 3.46. The lowest BCUT2D eigenvalue weighted by Crippen LogP contribution is -2.70. The summed E-state index contributed by atoms with van der Waals surface area (Å²) in [7, 11) is 0. The van der Waals surface area contributed by atoms with Gasteiger partial charge in [0.05, 0.1) is 35.6 Å². The van der Waals surface area contributed by atoms with Gasteiger partial charge in [-0.1, -0.05) is 0 Å². The molecule has 3 aromatic rings. The summed E-state index contributed by atoms with van der Waals surface area (Å²) in [6.45, 7) is 3.97. The van der Waals surface area contributed by atoms with Crippen molar-refractivity contribution in [2.75, 3.05) is 0 Å². The second-order valence-corrected chi connectivity index (χ2v) is 11.4. The molecule has 35 heavy (non-hydrogen) atoms. The molecule has 2 bridgehead atoms. The minimum absolute atomic E-state index is 0.0136. The van der Waals surface area contributed by atoms with Gasteiger partial charge in [0.1, 0.15) is 5.82 Å². The number of hydrogen-bond acceptors (Lipinski definition) is 5. The Morgan fingerprint density at radius 2 is 1.83 bits per heavy atom. The Bertz CT molecular complexity index is 1310. The fourth-order valence-corrected chi connectivity index (χ4v) is 6.68. The van der Waals surface area contributed by atoms with E-state index in [4.69, 9.17) is 14.7 Å². The number of halogens is 3. The van der Waals surface area contributed by atoms with Crippen LogP contribution in [0, 0.1) is 12.3 Å². The van der Waals surface area contributed by atoms with Gasteiger partial charge in [-0.2, -0.15) is 18.3 Å². The van der Waals surface area contributed by atoms with Gasteiger partial charge in [0.15, 0.2) is 5.65 Å². The van der Waals surface area contributed by atoms with Crippen LogP contribution in [-0.2, 0) is 10.2 Å². The van der Waals surface area contributed by atoms with Crippen LogP contribution in [0.3, 0.4) is 0 Å². The molecule has 3 aromatic heterocycles. The van der Waals surface area contributed by atoms with Crippen LogP contribution >= 0.6 is 0 Å². The topological polar surface area (TPSA) is 65.7 Å². The van der Waals surface area contributed by atoms with Crippen molar-refractivity contribution in [2.45, 2.75) is 94.6 Å². The monoisotopic (exact) mass is 483 g/mol. The number of aryl methyl sites for hydroxylation is 1. The zero-order chi connectivity index (χ0) is 24.2. The van der Waals surface area contributed by atoms with Gasteiger partial charge in [0.25, 0.3) is 0 Å². The van der Waals surface area contributed by atoms with Gasteiger partial charge in [-0.05, 0) is 70.9 Å². The highest BCUT2D eigenvalue weighted by Gasteiger charge is 2.79. The normalized spacial score (nSPS) is 34.5. The van der Waals surface area contributed by atoms with E-state index < -0.39 is 17.0 Å². The first kappa shape index (κ1) is 21.7. The van der Waals surface area contributed by atoms with E-state index >= 15 is 0 Å². The van der Waals surface area contributed by atoms with Crippen LogP contribution in [0.15, 0.2) is 24.5 Å². The first-order chi connectivity index (χ1) is 16.6. The van der Waals surface area contributed by atoms with Crippen LogP contribution in [0.4, 0.5) is 13.2 Å². The summed E-state index contributed by atoms with van der Waals surface area (Å²) in [5.74, 6) is 0.730. The first-order valence-corrected chi connectivity index (χ1v) is 12.6. The molecule has 0 N–H and O–H groups in total. The first-order valence-electron chi connectivity index (χ1n) is 12.6. The van der Waals surface area contributed by atoms with Gasteiger partial charge in [0, 0.05) is 34.2 Å². The van der Waals surface area contributed by atoms with E-state index in [-0.39, 0.29) is 37.4 Å². The lowest BCUT2D eigenvalue weighted by atomic mass is 9.33. The molecule has 3 atom stereocenters. The van der Waals surface area contributed by atoms with E-state index in [9.17, 15) is 13.2 Å². The standard InChI is InChI=1S/C26H28F3N5O/c1-14-3-6-19-21(24-11-25(12-24,13-24)26(27,28)29)32-22(33-23(19)31-14)16-7-15(2)35-20(8-16)17-9-30-34(10-17)18-4-5-18/h3,6,9-10,15-16,18,20H,4-5,7-8,11-13H2,1-2H3/t15-,16-,20-,24?,25?/m0/s1. The predicted molar refractivity (Wildman–Crippen MR) is 122 cm³/mol. The molecule has 0 unspecified atom stereocenters. The van der Waals surface area contributed by atoms with E-state index in [0.717, 1.165) is 35.2 Å². The van der Waals surface area contributed by atoms with Crippen molar-refractivity contribution in [3.8, 4) is 0 Å². The van der Waals surface area contributed by atoms with Gasteiger partial charge in [-0.15, -0.1) is 0 Å². The van der Waals surface area contributed by atoms with Crippen molar-refractivity contribution in [3.63, 3.8) is 0 Å². The molecule has 4 aliphatic carbocycles. The van der Waals surface area contributed by atoms with Crippen LogP contribution in [0.2, 0.25) is 0 Å². The van der Waals surface area contributed by atoms with E-state index in [2.05, 4.69) is 23.2 Å². The third-order valence-electron chi connectivity index (χ3n) is 8.64. The van der Waals surface area contributed by atoms with Crippen LogP contribution in [0.1, 0.15) is 92.7 Å². The molecule has 1 saturated heterocycles. The summed E-state index contributed by atoms with van der Waals surface area (Å²) in [4.78, 5) is 14.5. The van der Waals surface area contributed by atoms with E-state index in [1.807, 2.05) is 29.9 Å². The van der Waals surface area contributed by atoms with Crippen LogP contribution in [0.25, 0.3) is 11.0 Å². The van der Waals surface area contributed by atoms with Crippen molar-refractivity contribution in [1.82, 2.24) is 24.7 Å². The maximum Gasteiger partial charge on any atom is 0.394 e. The molecule has 184 valence electrons. The zero-order valence-electron chi connectivity index (χ0n) is 19.8. The van der Waals surface area contributed by atoms with Gasteiger partial charge < -0.3 is 4.74 Å². The van der Waals surface area contributed by atoms with Crippen LogP contribution in [-0.4, -0.2) is 37.0 Å². The Morgan fingerprint density at radius 1 is 1.06 bits per heavy atom. The van der Waals surface area contributed by atoms with Crippen molar-refractivity contribution in [3.05, 3.63) is 47.3 Å². The number of fused-ring (bicyclic) bond motifs is 1. The van der Waals surface area contributed by atoms with Gasteiger partial charge in [0.2, 0.25) is 0 Å². The molecule has 0 amide bonds. The summed E-state index contributed by atoms with van der Waals surface area (Å²) in [6.07, 6.45) is 3.94. The van der Waals surface area contributed by atoms with Crippen molar-refractivity contribution >= 4 is 11.0 Å². The van der Waals surface area contributed by atoms with Gasteiger partial charge in [-0.3, -0.25) is 4.68 Å². The molecule has 0 spiro atoms. The molecular formula is C26H28F3N5O. The number of hydrogen-bond donors (Lipinski definition) is 0. The Morgan fingerprint density at radius 3 is 2.54 bits per heavy atom. The maximum atomic E-state index is 13.6. The second-order valence-electron chi connectivity index (χ2n) is 11.4. The Balaban J connectivity index is 1.24. The molecule has 5 aliphatic rings. The summed E-state index contributed by atoms with van der Waals surface area (Å²) in [5.41, 5.74) is 1.21. The lowest BCUT2D eigenvalue weighted by molar-refractivity contribution is -0.337. The van der Waals surface area contributed by atoms with Gasteiger partial charge >= 0.3 is 6.18 Å². The fourth-order valence-electron chi connectivity index (χ4n) is 6.68. The minimum atomic E-state index is -4.15. The van der Waals surface area contributed by atoms with E-state index in [0.29, 0.717) is 17.5 Å². The molecule has 9 heteroatoms. The van der Waals surface area contributed by atoms with E-state index in [1.165, 1.54) is 12.8 Å². The Labute approximate surface area is 201 Å². The van der Waals surface area contributed by atoms with E-state index in [1.54, 1.807) is 0 Å². The molecule has 6 nitrogen and oxygen atoms in total. The molecule has 8 rings (SSSR count). The largest absolute Gasteiger partial charge is 0.394 e. The molecular weight excluding hydrogens is 455 g/mol. The van der Waals surface area contributed by atoms with Gasteiger partial charge in [-0.25, -0.2) is 15.0 Å². The van der Waals surface area contributed by atoms with Crippen LogP contribution in [0.5, 0.6) is 0 Å². The summed E-state index contributed by atoms with van der Waals surface area (Å²) in [6, 6.07) is 4.33. The third kappa shape index (κ3) is 3.26. The fraction of sp³-hybridized carbons (Fsp3) is 0.615. The zero-order valence-corrected chi connectivity index (χ0v) is 19.8. The van der Waals surface area contributed by atoms with Crippen molar-refractivity contribution in [1.29, 1.82) is 0 Å². The Kier molecular flexibility index (Phi) is 4.35. The lowest BCUT2D eigenvalue weighted by Gasteiger charge is -2.70. The number of aromatic nitrogens is 5. The number of nitrogens with zero attached hydrogens (tertiary/aromatic N) is 5. The predicted octanol–water partition coefficient (Wildman–Crippen LogP) is 5.87. The molecule has 0 aromatic carbocycles. The number of rotatable bonds is 4. The summed E-state index contributed by atoms with van der Waals surface area (Å²) in [5, 5.41) is 5.32. The van der Waals surface area contributed by atoms with Crippen LogP contribution < -0.4 is 0 Å². The van der Waals surface area contributed by atoms with Crippen molar-refractivity contribution in [2.24, 2.45) is 5.41 Å². The summed E-state index contributed by atoms with van der Waals surface area (Å²) >= 11 is 0. The number of alkyl halides is 3. The third-order valence-corrected chi connectivity index (χ3v) is 8.64. The smallest absolute Gasteiger partial charge is 0.370 e. The second kappa shape index (κ2) is 7.02. The average molecular weight is 484 g/mol. The molecule has 0 radical (unpaired) electrons. The summed E-state index contributed by atoms with van der Waals surface area (Å²) < 4.78 is 49.1. The SMILES string of the molecule is Cc1ccc2c(C34CC(C(F)(F)F)(C3)C4)nc([C@@H]3C[C@@H](c4cnn(C5CC5)c4)O[C@@H](C)C3)nc2n1. The highest BCUT2D eigenvalue weighted by atomic mass is 19.4.